The highest BCUT2D eigenvalue weighted by Gasteiger charge is 2.23. The van der Waals surface area contributed by atoms with E-state index in [1.54, 1.807) is 42.8 Å². The Morgan fingerprint density at radius 2 is 1.86 bits per heavy atom. The van der Waals surface area contributed by atoms with Crippen molar-refractivity contribution < 1.29 is 14.3 Å². The number of aromatic nitrogens is 1. The Morgan fingerprint density at radius 1 is 1.27 bits per heavy atom. The molecule has 1 aromatic heterocycles. The van der Waals surface area contributed by atoms with Gasteiger partial charge in [0.2, 0.25) is 5.78 Å². The van der Waals surface area contributed by atoms with Crippen molar-refractivity contribution in [3.05, 3.63) is 51.7 Å². The van der Waals surface area contributed by atoms with Gasteiger partial charge >= 0.3 is 5.97 Å². The summed E-state index contributed by atoms with van der Waals surface area (Å²) < 4.78 is 6.38. The van der Waals surface area contributed by atoms with Crippen LogP contribution in [0.5, 0.6) is 0 Å². The van der Waals surface area contributed by atoms with Crippen molar-refractivity contribution in [2.75, 3.05) is 7.11 Å². The molecule has 0 N–H and O–H groups in total. The Kier molecular flexibility index (Phi) is 4.98. The highest BCUT2D eigenvalue weighted by atomic mass is 35.5. The Balaban J connectivity index is 2.47. The molecule has 4 nitrogen and oxygen atoms in total. The van der Waals surface area contributed by atoms with Gasteiger partial charge in [0.15, 0.2) is 0 Å². The molecule has 0 amide bonds. The molecule has 0 saturated heterocycles. The normalized spacial score (nSPS) is 10.6. The third kappa shape index (κ3) is 3.05. The number of carbonyl (C=O) groups is 2. The molecular formula is C16H16ClNO3S. The standard InChI is InChI=1S/C16H16ClNO3S/c1-9-12(8-13(19)21-3)16(22)18(2)14(9)15(20)10-4-6-11(17)7-5-10/h4-7,22H,8H2,1-3H3. The first kappa shape index (κ1) is 16.6. The molecule has 116 valence electrons. The SMILES string of the molecule is COC(=O)Cc1c(C)c(C(=O)c2ccc(Cl)cc2)n(C)c1S. The monoisotopic (exact) mass is 337 g/mol. The lowest BCUT2D eigenvalue weighted by Crippen LogP contribution is -2.09. The first-order valence-electron chi connectivity index (χ1n) is 6.61. The van der Waals surface area contributed by atoms with E-state index in [0.717, 1.165) is 5.56 Å². The van der Waals surface area contributed by atoms with Gasteiger partial charge in [-0.1, -0.05) is 11.6 Å². The average molecular weight is 338 g/mol. The molecule has 0 unspecified atom stereocenters. The van der Waals surface area contributed by atoms with Crippen LogP contribution in [0.15, 0.2) is 29.3 Å². The third-order valence-corrected chi connectivity index (χ3v) is 4.42. The fourth-order valence-electron chi connectivity index (χ4n) is 2.36. The lowest BCUT2D eigenvalue weighted by Gasteiger charge is -2.05. The molecule has 0 spiro atoms. The van der Waals surface area contributed by atoms with Crippen molar-refractivity contribution >= 4 is 36.0 Å². The van der Waals surface area contributed by atoms with E-state index < -0.39 is 0 Å². The summed E-state index contributed by atoms with van der Waals surface area (Å²) in [7, 11) is 3.08. The summed E-state index contributed by atoms with van der Waals surface area (Å²) in [5.74, 6) is -0.502. The predicted octanol–water partition coefficient (Wildman–Crippen LogP) is 3.22. The smallest absolute Gasteiger partial charge is 0.310 e. The van der Waals surface area contributed by atoms with Gasteiger partial charge in [-0.15, -0.1) is 12.6 Å². The van der Waals surface area contributed by atoms with E-state index in [0.29, 0.717) is 26.9 Å². The lowest BCUT2D eigenvalue weighted by molar-refractivity contribution is -0.139. The molecule has 1 aromatic carbocycles. The van der Waals surface area contributed by atoms with Crippen molar-refractivity contribution in [3.8, 4) is 0 Å². The van der Waals surface area contributed by atoms with E-state index in [4.69, 9.17) is 11.6 Å². The van der Waals surface area contributed by atoms with Gasteiger partial charge < -0.3 is 9.30 Å². The zero-order valence-electron chi connectivity index (χ0n) is 12.5. The number of benzene rings is 1. The van der Waals surface area contributed by atoms with Crippen LogP contribution in [-0.2, 0) is 23.0 Å². The maximum Gasteiger partial charge on any atom is 0.310 e. The zero-order chi connectivity index (χ0) is 16.4. The van der Waals surface area contributed by atoms with Gasteiger partial charge in [0.25, 0.3) is 0 Å². The second kappa shape index (κ2) is 6.58. The summed E-state index contributed by atoms with van der Waals surface area (Å²) >= 11 is 10.3. The van der Waals surface area contributed by atoms with Gasteiger partial charge in [-0.2, -0.15) is 0 Å². The van der Waals surface area contributed by atoms with Crippen molar-refractivity contribution in [1.82, 2.24) is 4.57 Å². The molecule has 0 aliphatic heterocycles. The van der Waals surface area contributed by atoms with Crippen LogP contribution in [0, 0.1) is 6.92 Å². The van der Waals surface area contributed by atoms with Crippen molar-refractivity contribution in [3.63, 3.8) is 0 Å². The Bertz CT molecular complexity index is 735. The molecule has 2 aromatic rings. The number of halogens is 1. The van der Waals surface area contributed by atoms with Crippen LogP contribution in [0.1, 0.15) is 27.2 Å². The van der Waals surface area contributed by atoms with Crippen molar-refractivity contribution in [2.45, 2.75) is 18.4 Å². The molecule has 0 aliphatic carbocycles. The summed E-state index contributed by atoms with van der Waals surface area (Å²) in [5.41, 5.74) is 2.48. The fraction of sp³-hybridized carbons (Fsp3) is 0.250. The summed E-state index contributed by atoms with van der Waals surface area (Å²) in [6.07, 6.45) is 0.0862. The van der Waals surface area contributed by atoms with Gasteiger partial charge in [0.1, 0.15) is 0 Å². The number of hydrogen-bond acceptors (Lipinski definition) is 4. The summed E-state index contributed by atoms with van der Waals surface area (Å²) in [5, 5.41) is 1.15. The fourth-order valence-corrected chi connectivity index (χ4v) is 2.83. The number of methoxy groups -OCH3 is 1. The molecule has 1 heterocycles. The predicted molar refractivity (Wildman–Crippen MR) is 88.0 cm³/mol. The number of esters is 1. The van der Waals surface area contributed by atoms with Gasteiger partial charge in [-0.3, -0.25) is 9.59 Å². The van der Waals surface area contributed by atoms with Crippen LogP contribution < -0.4 is 0 Å². The molecule has 0 radical (unpaired) electrons. The van der Waals surface area contributed by atoms with Crippen LogP contribution in [0.25, 0.3) is 0 Å². The van der Waals surface area contributed by atoms with Gasteiger partial charge in [-0.25, -0.2) is 0 Å². The Hall–Kier alpha value is -1.72. The van der Waals surface area contributed by atoms with E-state index in [2.05, 4.69) is 17.4 Å². The Labute approximate surface area is 139 Å². The highest BCUT2D eigenvalue weighted by Crippen LogP contribution is 2.27. The van der Waals surface area contributed by atoms with Crippen LogP contribution in [0.2, 0.25) is 5.02 Å². The topological polar surface area (TPSA) is 48.3 Å². The van der Waals surface area contributed by atoms with E-state index in [1.165, 1.54) is 7.11 Å². The summed E-state index contributed by atoms with van der Waals surface area (Å²) in [6.45, 7) is 1.81. The van der Waals surface area contributed by atoms with Crippen LogP contribution in [0.4, 0.5) is 0 Å². The molecule has 6 heteroatoms. The van der Waals surface area contributed by atoms with Gasteiger partial charge in [-0.05, 0) is 42.3 Å². The second-order valence-corrected chi connectivity index (χ2v) is 5.78. The largest absolute Gasteiger partial charge is 0.469 e. The number of ketones is 1. The summed E-state index contributed by atoms with van der Waals surface area (Å²) in [4.78, 5) is 24.2. The molecule has 0 aliphatic rings. The molecule has 0 saturated carbocycles. The molecule has 0 atom stereocenters. The number of nitrogens with zero attached hydrogens (tertiary/aromatic N) is 1. The number of thiol groups is 1. The van der Waals surface area contributed by atoms with Gasteiger partial charge in [0.05, 0.1) is 24.3 Å². The molecule has 0 fully saturated rings. The van der Waals surface area contributed by atoms with E-state index in [-0.39, 0.29) is 18.2 Å². The minimum Gasteiger partial charge on any atom is -0.469 e. The first-order chi connectivity index (χ1) is 10.4. The van der Waals surface area contributed by atoms with E-state index in [9.17, 15) is 9.59 Å². The Morgan fingerprint density at radius 3 is 2.41 bits per heavy atom. The number of hydrogen-bond donors (Lipinski definition) is 1. The van der Waals surface area contributed by atoms with Crippen molar-refractivity contribution in [2.24, 2.45) is 7.05 Å². The van der Waals surface area contributed by atoms with Crippen molar-refractivity contribution in [1.29, 1.82) is 0 Å². The van der Waals surface area contributed by atoms with Gasteiger partial charge in [0, 0.05) is 17.6 Å². The summed E-state index contributed by atoms with van der Waals surface area (Å²) in [6, 6.07) is 6.69. The number of carbonyl (C=O) groups excluding carboxylic acids is 2. The number of ether oxygens (including phenoxy) is 1. The minimum absolute atomic E-state index is 0.0862. The minimum atomic E-state index is -0.366. The van der Waals surface area contributed by atoms with E-state index >= 15 is 0 Å². The maximum atomic E-state index is 12.7. The first-order valence-corrected chi connectivity index (χ1v) is 7.43. The van der Waals surface area contributed by atoms with Crippen LogP contribution in [-0.4, -0.2) is 23.4 Å². The van der Waals surface area contributed by atoms with E-state index in [1.807, 2.05) is 0 Å². The highest BCUT2D eigenvalue weighted by molar-refractivity contribution is 7.80. The third-order valence-electron chi connectivity index (χ3n) is 3.60. The molecular weight excluding hydrogens is 322 g/mol. The molecule has 0 bridgehead atoms. The quantitative estimate of drug-likeness (QED) is 0.529. The average Bonchev–Trinajstić information content (AvgIpc) is 2.71. The second-order valence-electron chi connectivity index (χ2n) is 4.92. The zero-order valence-corrected chi connectivity index (χ0v) is 14.2. The molecule has 22 heavy (non-hydrogen) atoms. The lowest BCUT2D eigenvalue weighted by atomic mass is 10.0. The number of rotatable bonds is 4. The maximum absolute atomic E-state index is 12.7. The molecule has 2 rings (SSSR count). The van der Waals surface area contributed by atoms with Crippen LogP contribution >= 0.6 is 24.2 Å². The van der Waals surface area contributed by atoms with Crippen LogP contribution in [0.3, 0.4) is 0 Å².